The van der Waals surface area contributed by atoms with Gasteiger partial charge in [-0.1, -0.05) is 0 Å². The molecule has 0 aromatic carbocycles. The molecule has 0 radical (unpaired) electrons. The van der Waals surface area contributed by atoms with Crippen LogP contribution in [0.15, 0.2) is 0 Å². The zero-order chi connectivity index (χ0) is 16.4. The van der Waals surface area contributed by atoms with E-state index in [2.05, 4.69) is 0 Å². The van der Waals surface area contributed by atoms with Crippen molar-refractivity contribution in [1.82, 2.24) is 0 Å². The summed E-state index contributed by atoms with van der Waals surface area (Å²) in [6, 6.07) is 0. The third kappa shape index (κ3) is 5.86. The van der Waals surface area contributed by atoms with Crippen molar-refractivity contribution in [2.24, 2.45) is 11.8 Å². The largest absolute Gasteiger partial charge is 0.460 e. The SMILES string of the molecule is CC(C)(C)OC(=O)[C@H]1CC(=O)CC[C@H]1C(=O)OC(C)(C)C. The lowest BCUT2D eigenvalue weighted by Gasteiger charge is -2.32. The van der Waals surface area contributed by atoms with Crippen LogP contribution in [0.25, 0.3) is 0 Å². The third-order valence-electron chi connectivity index (χ3n) is 3.09. The van der Waals surface area contributed by atoms with Gasteiger partial charge in [0, 0.05) is 12.8 Å². The van der Waals surface area contributed by atoms with Crippen LogP contribution in [0.2, 0.25) is 0 Å². The smallest absolute Gasteiger partial charge is 0.310 e. The van der Waals surface area contributed by atoms with E-state index in [1.165, 1.54) is 0 Å². The molecule has 0 aliphatic heterocycles. The highest BCUT2D eigenvalue weighted by Crippen LogP contribution is 2.32. The van der Waals surface area contributed by atoms with Crippen molar-refractivity contribution in [3.8, 4) is 0 Å². The second kappa shape index (κ2) is 6.16. The molecular weight excluding hydrogens is 272 g/mol. The molecule has 1 aliphatic rings. The monoisotopic (exact) mass is 298 g/mol. The highest BCUT2D eigenvalue weighted by molar-refractivity contribution is 5.90. The lowest BCUT2D eigenvalue weighted by molar-refractivity contribution is -0.175. The molecule has 5 heteroatoms. The summed E-state index contributed by atoms with van der Waals surface area (Å²) in [5.41, 5.74) is -1.26. The first kappa shape index (κ1) is 17.7. The van der Waals surface area contributed by atoms with Gasteiger partial charge in [0.2, 0.25) is 0 Å². The Morgan fingerprint density at radius 3 is 1.76 bits per heavy atom. The van der Waals surface area contributed by atoms with Crippen LogP contribution in [0, 0.1) is 11.8 Å². The van der Waals surface area contributed by atoms with Crippen molar-refractivity contribution in [3.63, 3.8) is 0 Å². The molecule has 5 nitrogen and oxygen atoms in total. The Bertz CT molecular complexity index is 425. The third-order valence-corrected chi connectivity index (χ3v) is 3.09. The number of Topliss-reactive ketones (excluding diaryl/α,β-unsaturated/α-hetero) is 1. The van der Waals surface area contributed by atoms with Crippen molar-refractivity contribution in [1.29, 1.82) is 0 Å². The zero-order valence-electron chi connectivity index (χ0n) is 13.8. The Morgan fingerprint density at radius 1 is 0.905 bits per heavy atom. The minimum atomic E-state index is -0.736. The molecule has 1 saturated carbocycles. The average Bonchev–Trinajstić information content (AvgIpc) is 2.23. The van der Waals surface area contributed by atoms with Crippen LogP contribution in [-0.2, 0) is 23.9 Å². The molecular formula is C16H26O5. The van der Waals surface area contributed by atoms with E-state index in [1.54, 1.807) is 41.5 Å². The Hall–Kier alpha value is -1.39. The highest BCUT2D eigenvalue weighted by Gasteiger charge is 2.42. The fraction of sp³-hybridized carbons (Fsp3) is 0.812. The minimum absolute atomic E-state index is 0.00864. The van der Waals surface area contributed by atoms with Gasteiger partial charge in [-0.25, -0.2) is 0 Å². The summed E-state index contributed by atoms with van der Waals surface area (Å²) in [7, 11) is 0. The Morgan fingerprint density at radius 2 is 1.33 bits per heavy atom. The molecule has 0 aromatic rings. The van der Waals surface area contributed by atoms with Crippen LogP contribution in [0.1, 0.15) is 60.8 Å². The molecule has 21 heavy (non-hydrogen) atoms. The van der Waals surface area contributed by atoms with E-state index >= 15 is 0 Å². The summed E-state index contributed by atoms with van der Waals surface area (Å²) >= 11 is 0. The molecule has 0 N–H and O–H groups in total. The van der Waals surface area contributed by atoms with Crippen LogP contribution in [-0.4, -0.2) is 28.9 Å². The van der Waals surface area contributed by atoms with Gasteiger partial charge >= 0.3 is 11.9 Å². The molecule has 2 atom stereocenters. The summed E-state index contributed by atoms with van der Waals surface area (Å²) in [4.78, 5) is 36.2. The summed E-state index contributed by atoms with van der Waals surface area (Å²) < 4.78 is 10.7. The fourth-order valence-electron chi connectivity index (χ4n) is 2.29. The second-order valence-electron chi connectivity index (χ2n) is 7.56. The number of hydrogen-bond donors (Lipinski definition) is 0. The maximum atomic E-state index is 12.3. The van der Waals surface area contributed by atoms with E-state index in [0.29, 0.717) is 12.8 Å². The normalized spacial score (nSPS) is 23.6. The van der Waals surface area contributed by atoms with Crippen LogP contribution in [0.3, 0.4) is 0 Å². The Kier molecular flexibility index (Phi) is 5.18. The predicted octanol–water partition coefficient (Wildman–Crippen LogP) is 2.66. The molecule has 0 amide bonds. The topological polar surface area (TPSA) is 69.7 Å². The number of rotatable bonds is 2. The molecule has 0 unspecified atom stereocenters. The summed E-state index contributed by atoms with van der Waals surface area (Å²) in [6.07, 6.45) is 0.708. The number of esters is 2. The van der Waals surface area contributed by atoms with Gasteiger partial charge in [0.05, 0.1) is 11.8 Å². The van der Waals surface area contributed by atoms with Crippen LogP contribution >= 0.6 is 0 Å². The molecule has 1 rings (SSSR count). The molecule has 0 spiro atoms. The summed E-state index contributed by atoms with van der Waals surface area (Å²) in [5.74, 6) is -2.26. The fourth-order valence-corrected chi connectivity index (χ4v) is 2.29. The standard InChI is InChI=1S/C16H26O5/c1-15(2,3)20-13(18)11-8-7-10(17)9-12(11)14(19)21-16(4,5)6/h11-12H,7-9H2,1-6H3/t11-,12+/m1/s1. The molecule has 0 heterocycles. The second-order valence-corrected chi connectivity index (χ2v) is 7.56. The number of carbonyl (C=O) groups excluding carboxylic acids is 3. The molecule has 1 fully saturated rings. The Balaban J connectivity index is 2.86. The quantitative estimate of drug-likeness (QED) is 0.733. The first-order valence-electron chi connectivity index (χ1n) is 7.36. The van der Waals surface area contributed by atoms with Gasteiger partial charge in [0.25, 0.3) is 0 Å². The maximum absolute atomic E-state index is 12.3. The predicted molar refractivity (Wildman–Crippen MR) is 77.5 cm³/mol. The number of ether oxygens (including phenoxy) is 2. The van der Waals surface area contributed by atoms with E-state index in [-0.39, 0.29) is 12.2 Å². The van der Waals surface area contributed by atoms with Crippen molar-refractivity contribution in [3.05, 3.63) is 0 Å². The molecule has 120 valence electrons. The van der Waals surface area contributed by atoms with E-state index in [4.69, 9.17) is 9.47 Å². The van der Waals surface area contributed by atoms with Crippen LogP contribution < -0.4 is 0 Å². The van der Waals surface area contributed by atoms with Crippen molar-refractivity contribution in [2.45, 2.75) is 72.0 Å². The van der Waals surface area contributed by atoms with Crippen LogP contribution in [0.5, 0.6) is 0 Å². The van der Waals surface area contributed by atoms with Gasteiger partial charge in [-0.15, -0.1) is 0 Å². The number of ketones is 1. The lowest BCUT2D eigenvalue weighted by atomic mass is 9.78. The van der Waals surface area contributed by atoms with E-state index in [9.17, 15) is 14.4 Å². The van der Waals surface area contributed by atoms with Gasteiger partial charge < -0.3 is 9.47 Å². The van der Waals surface area contributed by atoms with Gasteiger partial charge in [-0.05, 0) is 48.0 Å². The number of carbonyl (C=O) groups is 3. The van der Waals surface area contributed by atoms with Gasteiger partial charge in [-0.2, -0.15) is 0 Å². The lowest BCUT2D eigenvalue weighted by Crippen LogP contribution is -2.41. The van der Waals surface area contributed by atoms with E-state index in [1.807, 2.05) is 0 Å². The van der Waals surface area contributed by atoms with Gasteiger partial charge in [-0.3, -0.25) is 14.4 Å². The summed E-state index contributed by atoms with van der Waals surface area (Å²) in [5, 5.41) is 0. The van der Waals surface area contributed by atoms with Crippen molar-refractivity contribution in [2.75, 3.05) is 0 Å². The van der Waals surface area contributed by atoms with Crippen LogP contribution in [0.4, 0.5) is 0 Å². The van der Waals surface area contributed by atoms with E-state index < -0.39 is 35.0 Å². The number of hydrogen-bond acceptors (Lipinski definition) is 5. The average molecular weight is 298 g/mol. The first-order valence-corrected chi connectivity index (χ1v) is 7.36. The molecule has 0 bridgehead atoms. The summed E-state index contributed by atoms with van der Waals surface area (Å²) in [6.45, 7) is 10.6. The maximum Gasteiger partial charge on any atom is 0.310 e. The Labute approximate surface area is 126 Å². The highest BCUT2D eigenvalue weighted by atomic mass is 16.6. The zero-order valence-corrected chi connectivity index (χ0v) is 13.8. The van der Waals surface area contributed by atoms with Crippen molar-refractivity contribution < 1.29 is 23.9 Å². The molecule has 0 saturated heterocycles. The molecule has 0 aromatic heterocycles. The van der Waals surface area contributed by atoms with Gasteiger partial charge in [0.1, 0.15) is 17.0 Å². The minimum Gasteiger partial charge on any atom is -0.460 e. The van der Waals surface area contributed by atoms with E-state index in [0.717, 1.165) is 0 Å². The molecule has 1 aliphatic carbocycles. The van der Waals surface area contributed by atoms with Gasteiger partial charge in [0.15, 0.2) is 0 Å². The van der Waals surface area contributed by atoms with Crippen molar-refractivity contribution >= 4 is 17.7 Å². The first-order chi connectivity index (χ1) is 9.39.